The van der Waals surface area contributed by atoms with Gasteiger partial charge in [-0.2, -0.15) is 4.72 Å². The molecule has 0 spiro atoms. The number of benzene rings is 2. The quantitative estimate of drug-likeness (QED) is 0.657. The molecule has 0 saturated carbocycles. The summed E-state index contributed by atoms with van der Waals surface area (Å²) in [6.07, 6.45) is 0. The molecule has 2 aromatic rings. The normalized spacial score (nSPS) is 12.5. The predicted molar refractivity (Wildman–Crippen MR) is 105 cm³/mol. The molecular weight excluding hydrogens is 444 g/mol. The molecule has 2 aromatic carbocycles. The van der Waals surface area contributed by atoms with E-state index < -0.39 is 22.0 Å². The third-order valence-corrected chi connectivity index (χ3v) is 5.71. The molecule has 2 N–H and O–H groups in total. The van der Waals surface area contributed by atoms with E-state index >= 15 is 0 Å². The van der Waals surface area contributed by atoms with Crippen LogP contribution < -0.4 is 14.8 Å². The second-order valence-electron chi connectivity index (χ2n) is 5.36. The van der Waals surface area contributed by atoms with Crippen molar-refractivity contribution in [3.63, 3.8) is 0 Å². The highest BCUT2D eigenvalue weighted by molar-refractivity contribution is 9.10. The summed E-state index contributed by atoms with van der Waals surface area (Å²) in [7, 11) is -3.92. The maximum Gasteiger partial charge on any atom is 0.242 e. The Hall–Kier alpha value is -1.61. The number of hydrogen-bond donors (Lipinski definition) is 2. The van der Waals surface area contributed by atoms with Crippen LogP contribution in [0.15, 0.2) is 51.8 Å². The molecule has 0 unspecified atom stereocenters. The maximum absolute atomic E-state index is 12.5. The first-order valence-electron chi connectivity index (χ1n) is 7.74. The Bertz CT molecular complexity index is 888. The standard InChI is InChI=1S/C17H18BrClN2O4S/c1-3-25-16-9-8-14(10-15(16)19)26(23,24)21-11(2)17(22)20-13-6-4-12(18)5-7-13/h4-11,21H,3H2,1-2H3,(H,20,22)/t11-/m1/s1. The van der Waals surface area contributed by atoms with Crippen LogP contribution in [-0.4, -0.2) is 27.0 Å². The topological polar surface area (TPSA) is 84.5 Å². The molecule has 9 heteroatoms. The molecule has 1 amide bonds. The lowest BCUT2D eigenvalue weighted by Gasteiger charge is -2.15. The van der Waals surface area contributed by atoms with Crippen LogP contribution in [0.25, 0.3) is 0 Å². The summed E-state index contributed by atoms with van der Waals surface area (Å²) < 4.78 is 33.4. The minimum atomic E-state index is -3.92. The first kappa shape index (κ1) is 20.7. The number of ether oxygens (including phenoxy) is 1. The molecular formula is C17H18BrClN2O4S. The lowest BCUT2D eigenvalue weighted by molar-refractivity contribution is -0.117. The van der Waals surface area contributed by atoms with Gasteiger partial charge in [-0.3, -0.25) is 4.79 Å². The highest BCUT2D eigenvalue weighted by atomic mass is 79.9. The zero-order valence-electron chi connectivity index (χ0n) is 14.1. The fourth-order valence-corrected chi connectivity index (χ4v) is 3.85. The van der Waals surface area contributed by atoms with Gasteiger partial charge in [-0.1, -0.05) is 27.5 Å². The van der Waals surface area contributed by atoms with Crippen LogP contribution in [0.3, 0.4) is 0 Å². The third kappa shape index (κ3) is 5.44. The minimum Gasteiger partial charge on any atom is -0.492 e. The van der Waals surface area contributed by atoms with Gasteiger partial charge in [-0.25, -0.2) is 8.42 Å². The molecule has 0 aliphatic rings. The van der Waals surface area contributed by atoms with Crippen molar-refractivity contribution in [1.82, 2.24) is 4.72 Å². The van der Waals surface area contributed by atoms with Gasteiger partial charge in [0.2, 0.25) is 15.9 Å². The van der Waals surface area contributed by atoms with E-state index in [0.717, 1.165) is 4.47 Å². The van der Waals surface area contributed by atoms with Gasteiger partial charge in [0, 0.05) is 10.2 Å². The van der Waals surface area contributed by atoms with Crippen molar-refractivity contribution in [3.05, 3.63) is 52.0 Å². The fourth-order valence-electron chi connectivity index (χ4n) is 2.06. The van der Waals surface area contributed by atoms with Crippen molar-refractivity contribution in [2.45, 2.75) is 24.8 Å². The van der Waals surface area contributed by atoms with Gasteiger partial charge >= 0.3 is 0 Å². The largest absolute Gasteiger partial charge is 0.492 e. The van der Waals surface area contributed by atoms with E-state index in [-0.39, 0.29) is 9.92 Å². The van der Waals surface area contributed by atoms with Crippen molar-refractivity contribution in [1.29, 1.82) is 0 Å². The number of sulfonamides is 1. The molecule has 0 bridgehead atoms. The van der Waals surface area contributed by atoms with E-state index in [1.165, 1.54) is 25.1 Å². The first-order valence-corrected chi connectivity index (χ1v) is 10.4. The number of hydrogen-bond acceptors (Lipinski definition) is 4. The van der Waals surface area contributed by atoms with E-state index in [1.807, 2.05) is 0 Å². The van der Waals surface area contributed by atoms with Gasteiger partial charge in [-0.15, -0.1) is 0 Å². The molecule has 0 aromatic heterocycles. The average molecular weight is 462 g/mol. The highest BCUT2D eigenvalue weighted by Crippen LogP contribution is 2.27. The van der Waals surface area contributed by atoms with Crippen LogP contribution in [-0.2, 0) is 14.8 Å². The zero-order valence-corrected chi connectivity index (χ0v) is 17.3. The van der Waals surface area contributed by atoms with Crippen LogP contribution >= 0.6 is 27.5 Å². The second-order valence-corrected chi connectivity index (χ2v) is 8.40. The van der Waals surface area contributed by atoms with Crippen molar-refractivity contribution in [2.24, 2.45) is 0 Å². The summed E-state index contributed by atoms with van der Waals surface area (Å²) in [5.74, 6) is -0.0814. The number of amides is 1. The van der Waals surface area contributed by atoms with Crippen LogP contribution in [0.2, 0.25) is 5.02 Å². The maximum atomic E-state index is 12.5. The van der Waals surface area contributed by atoms with Crippen LogP contribution in [0.5, 0.6) is 5.75 Å². The lowest BCUT2D eigenvalue weighted by atomic mass is 10.3. The van der Waals surface area contributed by atoms with E-state index in [0.29, 0.717) is 18.0 Å². The zero-order chi connectivity index (χ0) is 19.3. The highest BCUT2D eigenvalue weighted by Gasteiger charge is 2.23. The third-order valence-electron chi connectivity index (χ3n) is 3.35. The van der Waals surface area contributed by atoms with Crippen molar-refractivity contribution in [2.75, 3.05) is 11.9 Å². The molecule has 26 heavy (non-hydrogen) atoms. The minimum absolute atomic E-state index is 0.0470. The predicted octanol–water partition coefficient (Wildman–Crippen LogP) is 3.81. The summed E-state index contributed by atoms with van der Waals surface area (Å²) in [6, 6.07) is 10.1. The van der Waals surface area contributed by atoms with Crippen LogP contribution in [0.4, 0.5) is 5.69 Å². The summed E-state index contributed by atoms with van der Waals surface area (Å²) in [4.78, 5) is 12.2. The molecule has 0 heterocycles. The molecule has 140 valence electrons. The number of nitrogens with one attached hydrogen (secondary N) is 2. The SMILES string of the molecule is CCOc1ccc(S(=O)(=O)N[C@H](C)C(=O)Nc2ccc(Br)cc2)cc1Cl. The van der Waals surface area contributed by atoms with E-state index in [2.05, 4.69) is 26.0 Å². The Kier molecular flexibility index (Phi) is 7.05. The average Bonchev–Trinajstić information content (AvgIpc) is 2.58. The van der Waals surface area contributed by atoms with E-state index in [1.54, 1.807) is 31.2 Å². The number of rotatable bonds is 7. The molecule has 0 fully saturated rings. The van der Waals surface area contributed by atoms with Crippen molar-refractivity contribution in [3.8, 4) is 5.75 Å². The van der Waals surface area contributed by atoms with Gasteiger partial charge in [0.15, 0.2) is 0 Å². The lowest BCUT2D eigenvalue weighted by Crippen LogP contribution is -2.41. The van der Waals surface area contributed by atoms with E-state index in [4.69, 9.17) is 16.3 Å². The van der Waals surface area contributed by atoms with Gasteiger partial charge in [0.05, 0.1) is 22.6 Å². The summed E-state index contributed by atoms with van der Waals surface area (Å²) >= 11 is 9.34. The number of halogens is 2. The summed E-state index contributed by atoms with van der Waals surface area (Å²) in [5, 5.41) is 2.83. The number of anilines is 1. The smallest absolute Gasteiger partial charge is 0.242 e. The molecule has 0 aliphatic heterocycles. The Morgan fingerprint density at radius 1 is 1.23 bits per heavy atom. The van der Waals surface area contributed by atoms with Gasteiger partial charge < -0.3 is 10.1 Å². The Morgan fingerprint density at radius 2 is 1.88 bits per heavy atom. The van der Waals surface area contributed by atoms with Crippen LogP contribution in [0.1, 0.15) is 13.8 Å². The molecule has 2 rings (SSSR count). The van der Waals surface area contributed by atoms with Crippen LogP contribution in [0, 0.1) is 0 Å². The second kappa shape index (κ2) is 8.85. The van der Waals surface area contributed by atoms with E-state index in [9.17, 15) is 13.2 Å². The molecule has 0 aliphatic carbocycles. The van der Waals surface area contributed by atoms with Gasteiger partial charge in [0.25, 0.3) is 0 Å². The molecule has 0 saturated heterocycles. The Balaban J connectivity index is 2.08. The van der Waals surface area contributed by atoms with Gasteiger partial charge in [-0.05, 0) is 56.3 Å². The number of carbonyl (C=O) groups excluding carboxylic acids is 1. The summed E-state index contributed by atoms with van der Waals surface area (Å²) in [5.41, 5.74) is 0.563. The first-order chi connectivity index (χ1) is 12.2. The fraction of sp³-hybridized carbons (Fsp3) is 0.235. The monoisotopic (exact) mass is 460 g/mol. The Labute approximate surface area is 166 Å². The molecule has 1 atom stereocenters. The van der Waals surface area contributed by atoms with Gasteiger partial charge in [0.1, 0.15) is 5.75 Å². The molecule has 0 radical (unpaired) electrons. The van der Waals surface area contributed by atoms with Crippen molar-refractivity contribution >= 4 is 49.1 Å². The Morgan fingerprint density at radius 3 is 2.46 bits per heavy atom. The number of carbonyl (C=O) groups is 1. The summed E-state index contributed by atoms with van der Waals surface area (Å²) in [6.45, 7) is 3.67. The van der Waals surface area contributed by atoms with Crippen molar-refractivity contribution < 1.29 is 17.9 Å². The molecule has 6 nitrogen and oxygen atoms in total.